The summed E-state index contributed by atoms with van der Waals surface area (Å²) in [6, 6.07) is 13.0. The van der Waals surface area contributed by atoms with Crippen LogP contribution in [0.25, 0.3) is 0 Å². The molecular weight excluding hydrogens is 372 g/mol. The summed E-state index contributed by atoms with van der Waals surface area (Å²) in [5.41, 5.74) is 1.15. The van der Waals surface area contributed by atoms with E-state index in [0.717, 1.165) is 24.8 Å². The van der Waals surface area contributed by atoms with Crippen molar-refractivity contribution < 1.29 is 13.2 Å². The highest BCUT2D eigenvalue weighted by Gasteiger charge is 2.34. The Morgan fingerprint density at radius 2 is 1.96 bits per heavy atom. The highest BCUT2D eigenvalue weighted by atomic mass is 35.5. The van der Waals surface area contributed by atoms with Gasteiger partial charge in [0.2, 0.25) is 10.0 Å². The molecule has 1 heterocycles. The highest BCUT2D eigenvalue weighted by molar-refractivity contribution is 7.89. The van der Waals surface area contributed by atoms with Gasteiger partial charge in [-0.2, -0.15) is 4.31 Å². The second kappa shape index (κ2) is 8.48. The predicted molar refractivity (Wildman–Crippen MR) is 101 cm³/mol. The van der Waals surface area contributed by atoms with Crippen molar-refractivity contribution >= 4 is 21.6 Å². The molecule has 0 unspecified atom stereocenters. The number of sulfonamides is 1. The number of pyridine rings is 1. The Morgan fingerprint density at radius 3 is 2.65 bits per heavy atom. The van der Waals surface area contributed by atoms with Crippen molar-refractivity contribution in [1.29, 1.82) is 0 Å². The quantitative estimate of drug-likeness (QED) is 0.671. The summed E-state index contributed by atoms with van der Waals surface area (Å²) in [6.45, 7) is 1.24. The van der Waals surface area contributed by atoms with Crippen LogP contribution in [-0.2, 0) is 21.4 Å². The lowest BCUT2D eigenvalue weighted by Gasteiger charge is -2.24. The van der Waals surface area contributed by atoms with Gasteiger partial charge in [-0.3, -0.25) is 0 Å². The van der Waals surface area contributed by atoms with Crippen LogP contribution in [0.4, 0.5) is 0 Å². The van der Waals surface area contributed by atoms with Crippen molar-refractivity contribution in [2.75, 3.05) is 13.7 Å². The van der Waals surface area contributed by atoms with E-state index >= 15 is 0 Å². The molecule has 26 heavy (non-hydrogen) atoms. The molecule has 2 atom stereocenters. The summed E-state index contributed by atoms with van der Waals surface area (Å²) >= 11 is 5.75. The molecule has 1 aromatic heterocycles. The van der Waals surface area contributed by atoms with Crippen molar-refractivity contribution in [3.8, 4) is 0 Å². The van der Waals surface area contributed by atoms with Crippen LogP contribution < -0.4 is 0 Å². The van der Waals surface area contributed by atoms with E-state index in [1.807, 2.05) is 30.3 Å². The zero-order chi connectivity index (χ0) is 18.6. The van der Waals surface area contributed by atoms with Gasteiger partial charge in [-0.05, 0) is 42.9 Å². The van der Waals surface area contributed by atoms with E-state index in [1.54, 1.807) is 7.05 Å². The fraction of sp³-hybridized carbons (Fsp3) is 0.421. The molecule has 1 aliphatic rings. The Morgan fingerprint density at radius 1 is 1.19 bits per heavy atom. The molecule has 0 N–H and O–H groups in total. The molecule has 7 heteroatoms. The van der Waals surface area contributed by atoms with Gasteiger partial charge in [0.15, 0.2) is 0 Å². The lowest BCUT2D eigenvalue weighted by Crippen LogP contribution is -2.35. The third-order valence-electron chi connectivity index (χ3n) is 4.87. The molecule has 1 aromatic carbocycles. The number of hydrogen-bond acceptors (Lipinski definition) is 4. The van der Waals surface area contributed by atoms with Gasteiger partial charge in [-0.15, -0.1) is 0 Å². The van der Waals surface area contributed by atoms with Gasteiger partial charge < -0.3 is 4.74 Å². The Hall–Kier alpha value is -1.47. The van der Waals surface area contributed by atoms with Gasteiger partial charge in [0, 0.05) is 25.9 Å². The van der Waals surface area contributed by atoms with Gasteiger partial charge in [-0.1, -0.05) is 41.9 Å². The van der Waals surface area contributed by atoms with Crippen LogP contribution in [0.1, 0.15) is 24.8 Å². The first-order valence-corrected chi connectivity index (χ1v) is 10.5. The Kier molecular flexibility index (Phi) is 6.29. The van der Waals surface area contributed by atoms with Crippen molar-refractivity contribution in [2.24, 2.45) is 5.92 Å². The molecular formula is C19H23ClN2O3S. The summed E-state index contributed by atoms with van der Waals surface area (Å²) in [5.74, 6) is 0.379. The SMILES string of the molecule is CN([C@@H]1CC[C@H](COCc2ccccc2)C1)S(=O)(=O)c1ccc(Cl)nc1. The lowest BCUT2D eigenvalue weighted by molar-refractivity contribution is 0.0873. The topological polar surface area (TPSA) is 59.5 Å². The number of benzene rings is 1. The van der Waals surface area contributed by atoms with Crippen LogP contribution in [0.5, 0.6) is 0 Å². The monoisotopic (exact) mass is 394 g/mol. The Labute approximate surface area is 160 Å². The van der Waals surface area contributed by atoms with Gasteiger partial charge in [0.1, 0.15) is 10.0 Å². The molecule has 1 aliphatic carbocycles. The molecule has 1 fully saturated rings. The van der Waals surface area contributed by atoms with Gasteiger partial charge in [-0.25, -0.2) is 13.4 Å². The van der Waals surface area contributed by atoms with E-state index in [-0.39, 0.29) is 16.1 Å². The average molecular weight is 395 g/mol. The summed E-state index contributed by atoms with van der Waals surface area (Å²) in [4.78, 5) is 4.05. The van der Waals surface area contributed by atoms with E-state index in [0.29, 0.717) is 19.1 Å². The van der Waals surface area contributed by atoms with Crippen LogP contribution >= 0.6 is 11.6 Å². The molecule has 0 spiro atoms. The Bertz CT molecular complexity index is 812. The molecule has 2 aromatic rings. The molecule has 140 valence electrons. The molecule has 3 rings (SSSR count). The Balaban J connectivity index is 1.53. The maximum atomic E-state index is 12.7. The molecule has 0 bridgehead atoms. The van der Waals surface area contributed by atoms with Crippen LogP contribution in [0.15, 0.2) is 53.6 Å². The summed E-state index contributed by atoms with van der Waals surface area (Å²) in [7, 11) is -1.91. The molecule has 5 nitrogen and oxygen atoms in total. The minimum Gasteiger partial charge on any atom is -0.376 e. The molecule has 0 radical (unpaired) electrons. The largest absolute Gasteiger partial charge is 0.376 e. The second-order valence-electron chi connectivity index (χ2n) is 6.67. The van der Waals surface area contributed by atoms with E-state index < -0.39 is 10.0 Å². The smallest absolute Gasteiger partial charge is 0.244 e. The third kappa shape index (κ3) is 4.62. The summed E-state index contributed by atoms with van der Waals surface area (Å²) < 4.78 is 32.8. The molecule has 0 amide bonds. The number of hydrogen-bond donors (Lipinski definition) is 0. The van der Waals surface area contributed by atoms with Crippen molar-refractivity contribution in [3.63, 3.8) is 0 Å². The van der Waals surface area contributed by atoms with E-state index in [4.69, 9.17) is 16.3 Å². The van der Waals surface area contributed by atoms with E-state index in [1.165, 1.54) is 22.6 Å². The van der Waals surface area contributed by atoms with E-state index in [9.17, 15) is 8.42 Å². The van der Waals surface area contributed by atoms with Crippen molar-refractivity contribution in [3.05, 3.63) is 59.4 Å². The second-order valence-corrected chi connectivity index (χ2v) is 9.06. The highest BCUT2D eigenvalue weighted by Crippen LogP contribution is 2.32. The molecule has 1 saturated carbocycles. The van der Waals surface area contributed by atoms with E-state index in [2.05, 4.69) is 4.98 Å². The van der Waals surface area contributed by atoms with Crippen LogP contribution in [0, 0.1) is 5.92 Å². The predicted octanol–water partition coefficient (Wildman–Crippen LogP) is 3.74. The molecule has 0 aliphatic heterocycles. The maximum Gasteiger partial charge on any atom is 0.244 e. The summed E-state index contributed by atoms with van der Waals surface area (Å²) in [5, 5.41) is 0.281. The normalized spacial score (nSPS) is 20.6. The third-order valence-corrected chi connectivity index (χ3v) is 6.99. The number of halogens is 1. The minimum absolute atomic E-state index is 0.0130. The van der Waals surface area contributed by atoms with Crippen LogP contribution in [0.2, 0.25) is 5.15 Å². The fourth-order valence-corrected chi connectivity index (χ4v) is 4.78. The van der Waals surface area contributed by atoms with Gasteiger partial charge in [0.05, 0.1) is 6.61 Å². The van der Waals surface area contributed by atoms with Crippen LogP contribution in [0.3, 0.4) is 0 Å². The lowest BCUT2D eigenvalue weighted by atomic mass is 10.1. The number of rotatable bonds is 7. The van der Waals surface area contributed by atoms with Crippen LogP contribution in [-0.4, -0.2) is 37.4 Å². The zero-order valence-corrected chi connectivity index (χ0v) is 16.3. The number of nitrogens with zero attached hydrogens (tertiary/aromatic N) is 2. The maximum absolute atomic E-state index is 12.7. The van der Waals surface area contributed by atoms with Crippen molar-refractivity contribution in [2.45, 2.75) is 36.8 Å². The summed E-state index contributed by atoms with van der Waals surface area (Å²) in [6.07, 6.45) is 3.93. The standard InChI is InChI=1S/C19H23ClN2O3S/c1-22(26(23,24)18-9-10-19(20)21-12-18)17-8-7-16(11-17)14-25-13-15-5-3-2-4-6-15/h2-6,9-10,12,16-17H,7-8,11,13-14H2,1H3/t16-,17+/m0/s1. The first-order valence-electron chi connectivity index (χ1n) is 8.68. The fourth-order valence-electron chi connectivity index (χ4n) is 3.33. The number of aromatic nitrogens is 1. The van der Waals surface area contributed by atoms with Crippen molar-refractivity contribution in [1.82, 2.24) is 9.29 Å². The minimum atomic E-state index is -3.55. The average Bonchev–Trinajstić information content (AvgIpc) is 3.11. The first kappa shape index (κ1) is 19.3. The van der Waals surface area contributed by atoms with Gasteiger partial charge in [0.25, 0.3) is 0 Å². The molecule has 0 saturated heterocycles. The number of ether oxygens (including phenoxy) is 1. The first-order chi connectivity index (χ1) is 12.5. The van der Waals surface area contributed by atoms with Gasteiger partial charge >= 0.3 is 0 Å². The zero-order valence-electron chi connectivity index (χ0n) is 14.7.